The number of fused-ring (bicyclic) bond motifs is 2. The van der Waals surface area contributed by atoms with Crippen LogP contribution < -0.4 is 29.0 Å². The molecule has 2 heterocycles. The molecule has 0 bridgehead atoms. The molecule has 2 aliphatic heterocycles. The van der Waals surface area contributed by atoms with Crippen molar-refractivity contribution in [1.29, 1.82) is 0 Å². The lowest BCUT2D eigenvalue weighted by atomic mass is 9.69. The number of allylic oxidation sites excluding steroid dienone is 1. The van der Waals surface area contributed by atoms with Crippen molar-refractivity contribution < 1.29 is 43.2 Å². The summed E-state index contributed by atoms with van der Waals surface area (Å²) in [5.41, 5.74) is -1.51. The summed E-state index contributed by atoms with van der Waals surface area (Å²) in [6.45, 7) is 1.99. The van der Waals surface area contributed by atoms with Crippen LogP contribution in [0.4, 0.5) is 0 Å². The van der Waals surface area contributed by atoms with E-state index in [2.05, 4.69) is 17.9 Å². The molecule has 3 aliphatic rings. The molecule has 0 fully saturated rings. The maximum Gasteiger partial charge on any atom is 0.231 e. The van der Waals surface area contributed by atoms with Crippen LogP contribution in [-0.2, 0) is 9.59 Å². The minimum absolute atomic E-state index is 0.0129. The van der Waals surface area contributed by atoms with E-state index in [1.165, 1.54) is 20.3 Å². The quantitative estimate of drug-likeness (QED) is 0.391. The van der Waals surface area contributed by atoms with Crippen molar-refractivity contribution in [2.75, 3.05) is 33.3 Å². The Morgan fingerprint density at radius 3 is 2.62 bits per heavy atom. The standard InChI is InChI=1S/C28H28ClNO9S/c1-13-8-16(31)22(15(10-21(32)30-6-7-40)14-4-5-17-18(9-14)38-12-37-17)26(33)28(13)27(34)23-19(35-2)11-20(36-3)24(29)25(23)39-28/h4-5,9,11,13,15,33,40H,6-8,10,12H2,1-3H3,(H,30,32)/t13-,15?,28+/m1/s1. The Hall–Kier alpha value is -3.57. The molecule has 10 nitrogen and oxygen atoms in total. The normalized spacial score (nSPS) is 21.8. The van der Waals surface area contributed by atoms with Crippen LogP contribution in [0.3, 0.4) is 0 Å². The number of amides is 1. The largest absolute Gasteiger partial charge is 0.507 e. The van der Waals surface area contributed by atoms with Crippen molar-refractivity contribution in [3.05, 3.63) is 51.7 Å². The van der Waals surface area contributed by atoms with Crippen LogP contribution in [0.2, 0.25) is 5.02 Å². The van der Waals surface area contributed by atoms with E-state index < -0.39 is 34.8 Å². The van der Waals surface area contributed by atoms with Crippen LogP contribution in [-0.4, -0.2) is 61.5 Å². The van der Waals surface area contributed by atoms with Gasteiger partial charge in [-0.05, 0) is 17.7 Å². The van der Waals surface area contributed by atoms with Gasteiger partial charge in [0.15, 0.2) is 28.8 Å². The molecule has 1 amide bonds. The van der Waals surface area contributed by atoms with E-state index in [4.69, 9.17) is 35.3 Å². The van der Waals surface area contributed by atoms with E-state index in [-0.39, 0.29) is 58.9 Å². The first kappa shape index (κ1) is 28.0. The zero-order valence-electron chi connectivity index (χ0n) is 22.0. The SMILES string of the molecule is COc1cc(OC)c2c(c1Cl)O[C@]1(C2=O)C(O)=C(C(CC(=O)NCCS)c2ccc3c(c2)OCO3)C(=O)C[C@H]1C. The summed E-state index contributed by atoms with van der Waals surface area (Å²) in [6, 6.07) is 6.49. The van der Waals surface area contributed by atoms with Gasteiger partial charge in [0.05, 0.1) is 14.2 Å². The fourth-order valence-corrected chi connectivity index (χ4v) is 5.88. The highest BCUT2D eigenvalue weighted by Crippen LogP contribution is 2.56. The van der Waals surface area contributed by atoms with Gasteiger partial charge in [0.2, 0.25) is 24.1 Å². The Balaban J connectivity index is 1.68. The number of rotatable bonds is 8. The molecule has 212 valence electrons. The molecule has 2 aromatic rings. The lowest BCUT2D eigenvalue weighted by molar-refractivity contribution is -0.121. The molecule has 5 rings (SSSR count). The highest BCUT2D eigenvalue weighted by atomic mass is 35.5. The van der Waals surface area contributed by atoms with Gasteiger partial charge in [-0.1, -0.05) is 24.6 Å². The molecule has 40 heavy (non-hydrogen) atoms. The van der Waals surface area contributed by atoms with Crippen LogP contribution in [0.15, 0.2) is 35.6 Å². The van der Waals surface area contributed by atoms with Gasteiger partial charge in [0.25, 0.3) is 0 Å². The van der Waals surface area contributed by atoms with Crippen molar-refractivity contribution in [2.24, 2.45) is 5.92 Å². The third kappa shape index (κ3) is 4.32. The van der Waals surface area contributed by atoms with Crippen molar-refractivity contribution >= 4 is 41.7 Å². The molecule has 0 saturated carbocycles. The predicted octanol–water partition coefficient (Wildman–Crippen LogP) is 4.04. The first-order valence-electron chi connectivity index (χ1n) is 12.6. The second-order valence-corrected chi connectivity index (χ2v) is 10.5. The number of nitrogens with one attached hydrogen (secondary N) is 1. The molecular weight excluding hydrogens is 562 g/mol. The number of methoxy groups -OCH3 is 2. The van der Waals surface area contributed by atoms with Gasteiger partial charge in [-0.25, -0.2) is 0 Å². The van der Waals surface area contributed by atoms with Gasteiger partial charge in [0.1, 0.15) is 22.1 Å². The van der Waals surface area contributed by atoms with Crippen LogP contribution in [0, 0.1) is 5.92 Å². The second-order valence-electron chi connectivity index (χ2n) is 9.70. The Morgan fingerprint density at radius 1 is 1.20 bits per heavy atom. The summed E-state index contributed by atoms with van der Waals surface area (Å²) in [6.07, 6.45) is -0.322. The number of aliphatic hydroxyl groups excluding tert-OH is 1. The zero-order valence-corrected chi connectivity index (χ0v) is 23.7. The van der Waals surface area contributed by atoms with E-state index in [1.807, 2.05) is 0 Å². The summed E-state index contributed by atoms with van der Waals surface area (Å²) in [5.74, 6) is -1.95. The molecular formula is C28H28ClNO9S. The Bertz CT molecular complexity index is 1440. The summed E-state index contributed by atoms with van der Waals surface area (Å²) >= 11 is 10.7. The van der Waals surface area contributed by atoms with E-state index >= 15 is 0 Å². The van der Waals surface area contributed by atoms with Crippen LogP contribution in [0.25, 0.3) is 0 Å². The molecule has 1 spiro atoms. The van der Waals surface area contributed by atoms with Crippen LogP contribution in [0.1, 0.15) is 41.6 Å². The number of ether oxygens (including phenoxy) is 5. The van der Waals surface area contributed by atoms with Crippen LogP contribution in [0.5, 0.6) is 28.7 Å². The van der Waals surface area contributed by atoms with E-state index in [0.29, 0.717) is 29.4 Å². The first-order chi connectivity index (χ1) is 19.2. The monoisotopic (exact) mass is 589 g/mol. The minimum atomic E-state index is -1.97. The number of benzene rings is 2. The summed E-state index contributed by atoms with van der Waals surface area (Å²) in [7, 11) is 2.79. The predicted molar refractivity (Wildman–Crippen MR) is 147 cm³/mol. The Kier molecular flexibility index (Phi) is 7.54. The van der Waals surface area contributed by atoms with E-state index in [9.17, 15) is 19.5 Å². The van der Waals surface area contributed by atoms with E-state index in [0.717, 1.165) is 0 Å². The van der Waals surface area contributed by atoms with Crippen molar-refractivity contribution in [3.8, 4) is 28.7 Å². The molecule has 2 aromatic carbocycles. The highest BCUT2D eigenvalue weighted by Gasteiger charge is 2.61. The van der Waals surface area contributed by atoms with Crippen molar-refractivity contribution in [1.82, 2.24) is 5.32 Å². The van der Waals surface area contributed by atoms with Gasteiger partial charge in [-0.3, -0.25) is 14.4 Å². The number of ketones is 2. The number of aliphatic hydroxyl groups is 1. The maximum atomic E-state index is 14.1. The van der Waals surface area contributed by atoms with Gasteiger partial charge in [-0.2, -0.15) is 12.6 Å². The van der Waals surface area contributed by atoms with Crippen molar-refractivity contribution in [3.63, 3.8) is 0 Å². The third-order valence-electron chi connectivity index (χ3n) is 7.48. The lowest BCUT2D eigenvalue weighted by Gasteiger charge is -2.38. The molecule has 0 aromatic heterocycles. The molecule has 1 aliphatic carbocycles. The minimum Gasteiger partial charge on any atom is -0.507 e. The number of Topliss-reactive ketones (excluding diaryl/α,β-unsaturated/α-hetero) is 2. The van der Waals surface area contributed by atoms with Gasteiger partial charge < -0.3 is 34.1 Å². The van der Waals surface area contributed by atoms with Gasteiger partial charge in [-0.15, -0.1) is 0 Å². The number of carbonyl (C=O) groups is 3. The summed E-state index contributed by atoms with van der Waals surface area (Å²) in [5, 5.41) is 14.7. The maximum absolute atomic E-state index is 14.1. The molecule has 1 unspecified atom stereocenters. The number of carbonyl (C=O) groups excluding carboxylic acids is 3. The second kappa shape index (κ2) is 10.8. The first-order valence-corrected chi connectivity index (χ1v) is 13.6. The molecule has 2 N–H and O–H groups in total. The Labute approximate surface area is 240 Å². The zero-order chi connectivity index (χ0) is 28.8. The smallest absolute Gasteiger partial charge is 0.231 e. The summed E-state index contributed by atoms with van der Waals surface area (Å²) < 4.78 is 27.9. The van der Waals surface area contributed by atoms with E-state index in [1.54, 1.807) is 25.1 Å². The molecule has 12 heteroatoms. The third-order valence-corrected chi connectivity index (χ3v) is 8.06. The molecule has 0 saturated heterocycles. The highest BCUT2D eigenvalue weighted by molar-refractivity contribution is 7.80. The van der Waals surface area contributed by atoms with Gasteiger partial charge in [0, 0.05) is 48.6 Å². The van der Waals surface area contributed by atoms with Crippen molar-refractivity contribution in [2.45, 2.75) is 31.3 Å². The topological polar surface area (TPSA) is 130 Å². The fourth-order valence-electron chi connectivity index (χ4n) is 5.51. The summed E-state index contributed by atoms with van der Waals surface area (Å²) in [4.78, 5) is 40.7. The Morgan fingerprint density at radius 2 is 1.93 bits per heavy atom. The lowest BCUT2D eigenvalue weighted by Crippen LogP contribution is -2.53. The van der Waals surface area contributed by atoms with Gasteiger partial charge >= 0.3 is 0 Å². The average Bonchev–Trinajstić information content (AvgIpc) is 3.54. The number of halogens is 1. The number of thiol groups is 1. The number of hydrogen-bond donors (Lipinski definition) is 3. The van der Waals surface area contributed by atoms with Crippen LogP contribution >= 0.6 is 24.2 Å². The molecule has 0 radical (unpaired) electrons. The average molecular weight is 590 g/mol. The number of hydrogen-bond acceptors (Lipinski definition) is 10. The fraction of sp³-hybridized carbons (Fsp3) is 0.393. The molecule has 3 atom stereocenters.